The van der Waals surface area contributed by atoms with Gasteiger partial charge < -0.3 is 15.5 Å². The third kappa shape index (κ3) is 4.87. The lowest BCUT2D eigenvalue weighted by molar-refractivity contribution is -0.137. The molecule has 19 heavy (non-hydrogen) atoms. The number of benzene rings is 1. The number of urea groups is 1. The van der Waals surface area contributed by atoms with E-state index < -0.39 is 5.97 Å². The molecule has 0 aliphatic rings. The van der Waals surface area contributed by atoms with Crippen LogP contribution in [-0.2, 0) is 4.79 Å². The van der Waals surface area contributed by atoms with Gasteiger partial charge in [0.15, 0.2) is 0 Å². The molecule has 1 aromatic carbocycles. The first-order valence-electron chi connectivity index (χ1n) is 5.95. The molecular weight excluding hydrogens is 248 g/mol. The fraction of sp³-hybridized carbons (Fsp3) is 0.385. The highest BCUT2D eigenvalue weighted by Gasteiger charge is 2.14. The monoisotopic (exact) mass is 266 g/mol. The maximum Gasteiger partial charge on any atom is 0.321 e. The molecule has 0 aliphatic heterocycles. The molecule has 0 aliphatic carbocycles. The molecule has 0 heterocycles. The Balaban J connectivity index is 2.52. The van der Waals surface area contributed by atoms with E-state index in [0.717, 1.165) is 0 Å². The molecule has 0 bridgehead atoms. The lowest BCUT2D eigenvalue weighted by Gasteiger charge is -2.21. The molecule has 3 N–H and O–H groups in total. The van der Waals surface area contributed by atoms with Crippen molar-refractivity contribution >= 4 is 17.7 Å². The second kappa shape index (κ2) is 6.63. The molecule has 1 rings (SSSR count). The van der Waals surface area contributed by atoms with Crippen LogP contribution in [0.25, 0.3) is 0 Å². The molecule has 0 saturated heterocycles. The van der Waals surface area contributed by atoms with Crippen molar-refractivity contribution in [3.8, 4) is 5.75 Å². The van der Waals surface area contributed by atoms with E-state index in [1.807, 2.05) is 0 Å². The number of phenolic OH excluding ortho intramolecular Hbond substituents is 1. The zero-order valence-corrected chi connectivity index (χ0v) is 11.0. The van der Waals surface area contributed by atoms with E-state index in [0.29, 0.717) is 12.1 Å². The minimum absolute atomic E-state index is 0.0182. The summed E-state index contributed by atoms with van der Waals surface area (Å²) < 4.78 is 0. The topological polar surface area (TPSA) is 89.9 Å². The van der Waals surface area contributed by atoms with Gasteiger partial charge in [0, 0.05) is 25.2 Å². The average molecular weight is 266 g/mol. The van der Waals surface area contributed by atoms with Crippen LogP contribution in [0.4, 0.5) is 10.5 Å². The maximum atomic E-state index is 11.9. The number of anilines is 1. The second-order valence-corrected chi connectivity index (χ2v) is 4.36. The van der Waals surface area contributed by atoms with Crippen LogP contribution in [0.1, 0.15) is 19.8 Å². The molecule has 6 nitrogen and oxygen atoms in total. The van der Waals surface area contributed by atoms with Crippen molar-refractivity contribution in [2.24, 2.45) is 0 Å². The molecule has 104 valence electrons. The van der Waals surface area contributed by atoms with Crippen LogP contribution in [0.5, 0.6) is 5.75 Å². The van der Waals surface area contributed by atoms with Gasteiger partial charge in [-0.25, -0.2) is 4.79 Å². The van der Waals surface area contributed by atoms with Crippen LogP contribution in [-0.4, -0.2) is 35.3 Å². The Morgan fingerprint density at radius 2 is 1.89 bits per heavy atom. The van der Waals surface area contributed by atoms with Crippen molar-refractivity contribution in [3.05, 3.63) is 24.3 Å². The highest BCUT2D eigenvalue weighted by molar-refractivity contribution is 5.91. The van der Waals surface area contributed by atoms with Gasteiger partial charge in [0.2, 0.25) is 0 Å². The molecule has 0 radical (unpaired) electrons. The number of carboxylic acids is 1. The third-order valence-electron chi connectivity index (χ3n) is 2.70. The average Bonchev–Trinajstić information content (AvgIpc) is 2.36. The summed E-state index contributed by atoms with van der Waals surface area (Å²) in [5, 5.41) is 20.4. The van der Waals surface area contributed by atoms with Crippen molar-refractivity contribution in [3.63, 3.8) is 0 Å². The van der Waals surface area contributed by atoms with Gasteiger partial charge in [0.05, 0.1) is 0 Å². The molecule has 1 atom stereocenters. The molecule has 0 aromatic heterocycles. The highest BCUT2D eigenvalue weighted by Crippen LogP contribution is 2.17. The number of carbonyl (C=O) groups excluding carboxylic acids is 1. The zero-order chi connectivity index (χ0) is 14.4. The van der Waals surface area contributed by atoms with Crippen molar-refractivity contribution in [2.45, 2.75) is 25.8 Å². The first-order chi connectivity index (χ1) is 8.90. The van der Waals surface area contributed by atoms with Crippen LogP contribution in [0.3, 0.4) is 0 Å². The van der Waals surface area contributed by atoms with Crippen LogP contribution >= 0.6 is 0 Å². The Hall–Kier alpha value is -2.24. The molecule has 0 spiro atoms. The number of nitrogens with one attached hydrogen (secondary N) is 1. The lowest BCUT2D eigenvalue weighted by Crippen LogP contribution is -2.42. The van der Waals surface area contributed by atoms with Crippen molar-refractivity contribution in [2.75, 3.05) is 11.9 Å². The summed E-state index contributed by atoms with van der Waals surface area (Å²) in [6.07, 6.45) is 0.398. The molecule has 1 aromatic rings. The summed E-state index contributed by atoms with van der Waals surface area (Å²) in [6.45, 7) is 1.76. The number of aliphatic carboxylic acids is 1. The Morgan fingerprint density at radius 3 is 2.42 bits per heavy atom. The van der Waals surface area contributed by atoms with Gasteiger partial charge in [0.1, 0.15) is 5.75 Å². The van der Waals surface area contributed by atoms with Crippen LogP contribution < -0.4 is 10.2 Å². The van der Waals surface area contributed by atoms with E-state index >= 15 is 0 Å². The smallest absolute Gasteiger partial charge is 0.321 e. The van der Waals surface area contributed by atoms with Gasteiger partial charge in [-0.1, -0.05) is 0 Å². The van der Waals surface area contributed by atoms with Crippen molar-refractivity contribution in [1.29, 1.82) is 0 Å². The number of carbonyl (C=O) groups is 2. The summed E-state index contributed by atoms with van der Waals surface area (Å²) in [5.41, 5.74) is 0.640. The van der Waals surface area contributed by atoms with Crippen LogP contribution in [0.2, 0.25) is 0 Å². The van der Waals surface area contributed by atoms with Crippen LogP contribution in [0.15, 0.2) is 24.3 Å². The summed E-state index contributed by atoms with van der Waals surface area (Å²) in [6, 6.07) is 5.69. The molecule has 2 amide bonds. The van der Waals surface area contributed by atoms with Crippen LogP contribution in [0, 0.1) is 0 Å². The maximum absolute atomic E-state index is 11.9. The molecule has 0 fully saturated rings. The Morgan fingerprint density at radius 1 is 1.32 bits per heavy atom. The second-order valence-electron chi connectivity index (χ2n) is 4.36. The molecule has 0 saturated carbocycles. The first kappa shape index (κ1) is 14.8. The first-order valence-corrected chi connectivity index (χ1v) is 5.95. The largest absolute Gasteiger partial charge is 0.508 e. The molecule has 6 heteroatoms. The summed E-state index contributed by atoms with van der Waals surface area (Å²) in [7, 11) is 1.60. The zero-order valence-electron chi connectivity index (χ0n) is 11.0. The predicted octanol–water partition coefficient (Wildman–Crippen LogP) is 1.79. The minimum atomic E-state index is -0.881. The van der Waals surface area contributed by atoms with E-state index in [1.54, 1.807) is 26.1 Å². The van der Waals surface area contributed by atoms with Gasteiger partial charge in [0.25, 0.3) is 0 Å². The number of amides is 2. The standard InChI is InChI=1S/C13H18N2O4/c1-9(3-8-12(17)18)14-13(19)15(2)10-4-6-11(16)7-5-10/h4-7,9,16H,3,8H2,1-2H3,(H,14,19)(H,17,18). The van der Waals surface area contributed by atoms with Crippen molar-refractivity contribution in [1.82, 2.24) is 5.32 Å². The summed E-state index contributed by atoms with van der Waals surface area (Å²) >= 11 is 0. The quantitative estimate of drug-likeness (QED) is 0.758. The summed E-state index contributed by atoms with van der Waals surface area (Å²) in [4.78, 5) is 23.7. The fourth-order valence-electron chi connectivity index (χ4n) is 1.51. The Bertz CT molecular complexity index is 444. The highest BCUT2D eigenvalue weighted by atomic mass is 16.4. The van der Waals surface area contributed by atoms with Crippen molar-refractivity contribution < 1.29 is 19.8 Å². The van der Waals surface area contributed by atoms with Gasteiger partial charge in [-0.05, 0) is 37.6 Å². The summed E-state index contributed by atoms with van der Waals surface area (Å²) in [5.74, 6) is -0.750. The van der Waals surface area contributed by atoms with Gasteiger partial charge in [-0.3, -0.25) is 9.69 Å². The number of hydrogen-bond donors (Lipinski definition) is 3. The van der Waals surface area contributed by atoms with Gasteiger partial charge in [-0.15, -0.1) is 0 Å². The molecule has 1 unspecified atom stereocenters. The van der Waals surface area contributed by atoms with E-state index in [2.05, 4.69) is 5.32 Å². The number of carboxylic acid groups (broad SMARTS) is 1. The van der Waals surface area contributed by atoms with E-state index in [4.69, 9.17) is 10.2 Å². The Labute approximate surface area is 111 Å². The number of aromatic hydroxyl groups is 1. The predicted molar refractivity (Wildman–Crippen MR) is 71.4 cm³/mol. The van der Waals surface area contributed by atoms with Gasteiger partial charge >= 0.3 is 12.0 Å². The number of phenols is 1. The normalized spacial score (nSPS) is 11.7. The Kier molecular flexibility index (Phi) is 5.17. The van der Waals surface area contributed by atoms with E-state index in [9.17, 15) is 9.59 Å². The minimum Gasteiger partial charge on any atom is -0.508 e. The fourth-order valence-corrected chi connectivity index (χ4v) is 1.51. The van der Waals surface area contributed by atoms with E-state index in [1.165, 1.54) is 17.0 Å². The number of nitrogens with zero attached hydrogens (tertiary/aromatic N) is 1. The van der Waals surface area contributed by atoms with E-state index in [-0.39, 0.29) is 24.2 Å². The number of hydrogen-bond acceptors (Lipinski definition) is 3. The third-order valence-corrected chi connectivity index (χ3v) is 2.70. The molecular formula is C13H18N2O4. The van der Waals surface area contributed by atoms with Gasteiger partial charge in [-0.2, -0.15) is 0 Å². The number of rotatable bonds is 5. The SMILES string of the molecule is CC(CCC(=O)O)NC(=O)N(C)c1ccc(O)cc1. The lowest BCUT2D eigenvalue weighted by atomic mass is 10.2.